The van der Waals surface area contributed by atoms with Gasteiger partial charge < -0.3 is 15.4 Å². The number of rotatable bonds is 3. The van der Waals surface area contributed by atoms with Gasteiger partial charge in [-0.15, -0.1) is 24.8 Å². The molecule has 2 N–H and O–H groups in total. The van der Waals surface area contributed by atoms with Gasteiger partial charge in [-0.3, -0.25) is 0 Å². The molecule has 3 nitrogen and oxygen atoms in total. The van der Waals surface area contributed by atoms with Crippen molar-refractivity contribution in [3.05, 3.63) is 24.0 Å². The summed E-state index contributed by atoms with van der Waals surface area (Å²) in [5.74, 6) is -1.19. The summed E-state index contributed by atoms with van der Waals surface area (Å²) in [6, 6.07) is 4.37. The van der Waals surface area contributed by atoms with Crippen molar-refractivity contribution in [1.82, 2.24) is 0 Å². The monoisotopic (exact) mass is 482 g/mol. The predicted octanol–water partition coefficient (Wildman–Crippen LogP) is 5.37. The molecule has 3 rings (SSSR count). The molecule has 1 saturated carbocycles. The first kappa shape index (κ1) is 30.0. The molecular formula is C18H31Cl2F3N2OS2. The first-order chi connectivity index (χ1) is 11.2. The fourth-order valence-corrected chi connectivity index (χ4v) is 4.57. The molecule has 1 saturated heterocycles. The van der Waals surface area contributed by atoms with Crippen LogP contribution in [-0.4, -0.2) is 24.7 Å². The zero-order valence-electron chi connectivity index (χ0n) is 16.0. The second-order valence-electron chi connectivity index (χ2n) is 7.96. The molecule has 1 aliphatic heterocycles. The smallest absolute Gasteiger partial charge is 0.387 e. The maximum atomic E-state index is 14.2. The van der Waals surface area contributed by atoms with Crippen molar-refractivity contribution in [2.45, 2.75) is 64.1 Å². The fourth-order valence-electron chi connectivity index (χ4n) is 4.57. The van der Waals surface area contributed by atoms with Crippen molar-refractivity contribution < 1.29 is 17.9 Å². The summed E-state index contributed by atoms with van der Waals surface area (Å²) >= 11 is 0. The van der Waals surface area contributed by atoms with Crippen LogP contribution >= 0.6 is 51.8 Å². The molecule has 0 radical (unpaired) electrons. The number of nitrogens with zero attached hydrogens (tertiary/aromatic N) is 1. The van der Waals surface area contributed by atoms with E-state index in [1.54, 1.807) is 6.07 Å². The van der Waals surface area contributed by atoms with Crippen LogP contribution in [0.2, 0.25) is 0 Å². The SMILES string of the molecule is CC1(C)CN(c2ccc(OC(F)F)c(F)c2)[C@H]2CCCC[C@]2(N)C1.Cl.Cl.S.S. The molecule has 10 heteroatoms. The Morgan fingerprint density at radius 2 is 1.82 bits per heavy atom. The van der Waals surface area contributed by atoms with Crippen LogP contribution in [0.5, 0.6) is 5.75 Å². The van der Waals surface area contributed by atoms with Crippen LogP contribution in [0.25, 0.3) is 0 Å². The van der Waals surface area contributed by atoms with Gasteiger partial charge in [0, 0.05) is 29.9 Å². The number of ether oxygens (including phenoxy) is 1. The molecule has 28 heavy (non-hydrogen) atoms. The van der Waals surface area contributed by atoms with Crippen molar-refractivity contribution in [2.24, 2.45) is 11.1 Å². The Morgan fingerprint density at radius 3 is 2.39 bits per heavy atom. The largest absolute Gasteiger partial charge is 0.432 e. The first-order valence-corrected chi connectivity index (χ1v) is 8.50. The molecule has 166 valence electrons. The fraction of sp³-hybridized carbons (Fsp3) is 0.667. The van der Waals surface area contributed by atoms with E-state index >= 15 is 0 Å². The van der Waals surface area contributed by atoms with Gasteiger partial charge in [-0.1, -0.05) is 26.7 Å². The molecule has 2 fully saturated rings. The van der Waals surface area contributed by atoms with Crippen LogP contribution in [0.15, 0.2) is 18.2 Å². The minimum Gasteiger partial charge on any atom is -0.432 e. The molecule has 0 aromatic heterocycles. The average Bonchev–Trinajstić information content (AvgIpc) is 2.46. The van der Waals surface area contributed by atoms with Crippen molar-refractivity contribution in [3.63, 3.8) is 0 Å². The number of alkyl halides is 2. The maximum absolute atomic E-state index is 14.2. The predicted molar refractivity (Wildman–Crippen MR) is 123 cm³/mol. The molecule has 1 aromatic rings. The van der Waals surface area contributed by atoms with Crippen molar-refractivity contribution in [3.8, 4) is 5.75 Å². The van der Waals surface area contributed by atoms with Crippen LogP contribution in [-0.2, 0) is 0 Å². The number of hydrogen-bond donors (Lipinski definition) is 1. The minimum absolute atomic E-state index is 0. The summed E-state index contributed by atoms with van der Waals surface area (Å²) in [4.78, 5) is 2.16. The average molecular weight is 483 g/mol. The number of nitrogens with two attached hydrogens (primary N) is 1. The third-order valence-corrected chi connectivity index (χ3v) is 5.28. The normalized spacial score (nSPS) is 25.2. The van der Waals surface area contributed by atoms with Crippen molar-refractivity contribution in [2.75, 3.05) is 11.4 Å². The van der Waals surface area contributed by atoms with Gasteiger partial charge in [0.25, 0.3) is 0 Å². The van der Waals surface area contributed by atoms with Gasteiger partial charge in [-0.05, 0) is 36.8 Å². The Morgan fingerprint density at radius 1 is 1.18 bits per heavy atom. The number of anilines is 1. The number of hydrogen-bond acceptors (Lipinski definition) is 3. The summed E-state index contributed by atoms with van der Waals surface area (Å²) in [5.41, 5.74) is 7.15. The Balaban J connectivity index is 0. The van der Waals surface area contributed by atoms with Crippen molar-refractivity contribution in [1.29, 1.82) is 0 Å². The topological polar surface area (TPSA) is 38.5 Å². The van der Waals surface area contributed by atoms with Gasteiger partial charge in [0.15, 0.2) is 11.6 Å². The lowest BCUT2D eigenvalue weighted by molar-refractivity contribution is -0.0521. The second-order valence-corrected chi connectivity index (χ2v) is 7.96. The molecular weight excluding hydrogens is 452 g/mol. The highest BCUT2D eigenvalue weighted by atomic mass is 35.5. The van der Waals surface area contributed by atoms with E-state index in [4.69, 9.17) is 5.73 Å². The van der Waals surface area contributed by atoms with Gasteiger partial charge in [-0.25, -0.2) is 4.39 Å². The van der Waals surface area contributed by atoms with E-state index in [9.17, 15) is 13.2 Å². The number of fused-ring (bicyclic) bond motifs is 1. The molecule has 2 atom stereocenters. The van der Waals surface area contributed by atoms with Gasteiger partial charge in [0.05, 0.1) is 0 Å². The molecule has 1 heterocycles. The lowest BCUT2D eigenvalue weighted by Gasteiger charge is -2.57. The lowest BCUT2D eigenvalue weighted by Crippen LogP contribution is -2.67. The number of piperidine rings is 1. The zero-order chi connectivity index (χ0) is 17.5. The van der Waals surface area contributed by atoms with Crippen LogP contribution < -0.4 is 15.4 Å². The quantitative estimate of drug-likeness (QED) is 0.628. The molecule has 2 aliphatic rings. The Hall–Kier alpha value is -0.150. The summed E-state index contributed by atoms with van der Waals surface area (Å²) in [6.07, 6.45) is 5.11. The van der Waals surface area contributed by atoms with Gasteiger partial charge in [-0.2, -0.15) is 35.8 Å². The highest BCUT2D eigenvalue weighted by molar-refractivity contribution is 7.59. The highest BCUT2D eigenvalue weighted by Crippen LogP contribution is 2.46. The zero-order valence-corrected chi connectivity index (χ0v) is 19.6. The molecule has 0 unspecified atom stereocenters. The molecule has 0 bridgehead atoms. The van der Waals surface area contributed by atoms with Crippen LogP contribution in [0, 0.1) is 11.2 Å². The lowest BCUT2D eigenvalue weighted by atomic mass is 9.65. The van der Waals surface area contributed by atoms with E-state index in [2.05, 4.69) is 23.5 Å². The Bertz CT molecular complexity index is 628. The van der Waals surface area contributed by atoms with E-state index in [-0.39, 0.29) is 68.8 Å². The maximum Gasteiger partial charge on any atom is 0.387 e. The van der Waals surface area contributed by atoms with Crippen LogP contribution in [0.1, 0.15) is 46.0 Å². The molecule has 0 spiro atoms. The second kappa shape index (κ2) is 11.3. The number of halogens is 5. The summed E-state index contributed by atoms with van der Waals surface area (Å²) in [5, 5.41) is 0. The van der Waals surface area contributed by atoms with Gasteiger partial charge >= 0.3 is 6.61 Å². The summed E-state index contributed by atoms with van der Waals surface area (Å²) < 4.78 is 43.0. The molecule has 1 aliphatic carbocycles. The van der Waals surface area contributed by atoms with E-state index in [0.29, 0.717) is 5.69 Å². The third kappa shape index (κ3) is 6.42. The van der Waals surface area contributed by atoms with Gasteiger partial charge in [0.1, 0.15) is 0 Å². The number of benzene rings is 1. The van der Waals surface area contributed by atoms with E-state index in [1.807, 2.05) is 0 Å². The van der Waals surface area contributed by atoms with E-state index in [1.165, 1.54) is 12.1 Å². The molecule has 1 aromatic carbocycles. The van der Waals surface area contributed by atoms with Crippen molar-refractivity contribution >= 4 is 57.5 Å². The van der Waals surface area contributed by atoms with E-state index < -0.39 is 18.2 Å². The Labute approximate surface area is 191 Å². The highest BCUT2D eigenvalue weighted by Gasteiger charge is 2.49. The standard InChI is InChI=1S/C18H25F3N2O.2ClH.2H2S/c1-17(2)10-18(22)8-4-3-5-15(18)23(11-17)12-6-7-14(13(19)9-12)24-16(20)21;;;;/h6-7,9,15-16H,3-5,8,10-11,22H2,1-2H3;2*1H;2*1H2/t15-,18-;;;;/m0..../s1. The van der Waals surface area contributed by atoms with E-state index in [0.717, 1.165) is 38.6 Å². The summed E-state index contributed by atoms with van der Waals surface area (Å²) in [6.45, 7) is 2.08. The molecule has 0 amide bonds. The van der Waals surface area contributed by atoms with Gasteiger partial charge in [0.2, 0.25) is 0 Å². The van der Waals surface area contributed by atoms with Crippen LogP contribution in [0.4, 0.5) is 18.9 Å². The van der Waals surface area contributed by atoms with Crippen LogP contribution in [0.3, 0.4) is 0 Å². The first-order valence-electron chi connectivity index (χ1n) is 8.50. The Kier molecular flexibility index (Phi) is 12.1. The third-order valence-electron chi connectivity index (χ3n) is 5.28. The summed E-state index contributed by atoms with van der Waals surface area (Å²) in [7, 11) is 0. The minimum atomic E-state index is -3.03.